The number of anilines is 1. The van der Waals surface area contributed by atoms with E-state index in [2.05, 4.69) is 10.7 Å². The van der Waals surface area contributed by atoms with Crippen molar-refractivity contribution in [3.8, 4) is 0 Å². The van der Waals surface area contributed by atoms with Gasteiger partial charge in [-0.15, -0.1) is 0 Å². The average Bonchev–Trinajstić information content (AvgIpc) is 2.33. The van der Waals surface area contributed by atoms with Crippen LogP contribution in [0.3, 0.4) is 0 Å². The molecule has 3 heteroatoms. The molecular formula is C11H19N3. The average molecular weight is 193 g/mol. The van der Waals surface area contributed by atoms with Gasteiger partial charge in [-0.1, -0.05) is 24.6 Å². The lowest BCUT2D eigenvalue weighted by Crippen LogP contribution is -2.21. The van der Waals surface area contributed by atoms with Crippen LogP contribution in [0.5, 0.6) is 0 Å². The minimum atomic E-state index is 0.938. The van der Waals surface area contributed by atoms with Gasteiger partial charge in [0.2, 0.25) is 0 Å². The Labute approximate surface area is 85.7 Å². The van der Waals surface area contributed by atoms with Crippen molar-refractivity contribution in [3.05, 3.63) is 30.3 Å². The summed E-state index contributed by atoms with van der Waals surface area (Å²) in [4.78, 5) is 0. The minimum Gasteiger partial charge on any atom is -0.324 e. The number of nitrogens with two attached hydrogens (primary N) is 1. The number of para-hydroxylation sites is 1. The summed E-state index contributed by atoms with van der Waals surface area (Å²) in [5, 5.41) is 3.28. The molecule has 2 rings (SSSR count). The number of benzene rings is 1. The Morgan fingerprint density at radius 2 is 1.64 bits per heavy atom. The summed E-state index contributed by atoms with van der Waals surface area (Å²) in [7, 11) is 0. The van der Waals surface area contributed by atoms with E-state index < -0.39 is 0 Å². The molecule has 78 valence electrons. The molecule has 0 unspecified atom stereocenters. The summed E-state index contributed by atoms with van der Waals surface area (Å²) in [6, 6.07) is 9.60. The van der Waals surface area contributed by atoms with Gasteiger partial charge in [-0.2, -0.15) is 0 Å². The zero-order valence-electron chi connectivity index (χ0n) is 8.50. The maximum absolute atomic E-state index is 5.10. The first-order valence-electron chi connectivity index (χ1n) is 5.16. The molecule has 1 heterocycles. The minimum absolute atomic E-state index is 0.938. The maximum Gasteiger partial charge on any atom is 0.0485 e. The predicted octanol–water partition coefficient (Wildman–Crippen LogP) is 1.73. The van der Waals surface area contributed by atoms with Gasteiger partial charge in [0.15, 0.2) is 0 Å². The van der Waals surface area contributed by atoms with Crippen molar-refractivity contribution < 1.29 is 0 Å². The third-order valence-corrected chi connectivity index (χ3v) is 2.15. The van der Waals surface area contributed by atoms with Gasteiger partial charge in [-0.25, -0.2) is 0 Å². The summed E-state index contributed by atoms with van der Waals surface area (Å²) in [5.74, 6) is 5.10. The fraction of sp³-hybridized carbons (Fsp3) is 0.455. The second kappa shape index (κ2) is 7.35. The lowest BCUT2D eigenvalue weighted by Gasteiger charge is -2.08. The second-order valence-corrected chi connectivity index (χ2v) is 3.32. The first kappa shape index (κ1) is 11.0. The largest absolute Gasteiger partial charge is 0.324 e. The van der Waals surface area contributed by atoms with Crippen LogP contribution in [0.15, 0.2) is 30.3 Å². The number of nitrogens with one attached hydrogen (secondary N) is 2. The molecule has 1 aromatic rings. The highest BCUT2D eigenvalue weighted by atomic mass is 15.2. The van der Waals surface area contributed by atoms with E-state index in [-0.39, 0.29) is 0 Å². The first-order valence-corrected chi connectivity index (χ1v) is 5.16. The Hall–Kier alpha value is -1.06. The lowest BCUT2D eigenvalue weighted by molar-refractivity contribution is 0.520. The van der Waals surface area contributed by atoms with Crippen LogP contribution < -0.4 is 16.6 Å². The van der Waals surface area contributed by atoms with E-state index in [1.54, 1.807) is 0 Å². The zero-order valence-corrected chi connectivity index (χ0v) is 8.50. The molecule has 0 spiro atoms. The van der Waals surface area contributed by atoms with Gasteiger partial charge in [0, 0.05) is 5.69 Å². The maximum atomic E-state index is 5.10. The highest BCUT2D eigenvalue weighted by Crippen LogP contribution is 2.00. The Balaban J connectivity index is 0.000000146. The molecule has 1 saturated heterocycles. The van der Waals surface area contributed by atoms with Gasteiger partial charge in [-0.3, -0.25) is 5.84 Å². The van der Waals surface area contributed by atoms with E-state index in [0.29, 0.717) is 0 Å². The number of hydrazine groups is 1. The van der Waals surface area contributed by atoms with Gasteiger partial charge in [0.1, 0.15) is 0 Å². The van der Waals surface area contributed by atoms with Crippen LogP contribution in [-0.2, 0) is 0 Å². The molecule has 3 nitrogen and oxygen atoms in total. The third-order valence-electron chi connectivity index (χ3n) is 2.15. The summed E-state index contributed by atoms with van der Waals surface area (Å²) >= 11 is 0. The molecule has 1 aliphatic heterocycles. The summed E-state index contributed by atoms with van der Waals surface area (Å²) in [6.45, 7) is 2.50. The Morgan fingerprint density at radius 1 is 1.00 bits per heavy atom. The molecule has 0 aliphatic carbocycles. The molecule has 0 amide bonds. The third kappa shape index (κ3) is 4.84. The van der Waals surface area contributed by atoms with E-state index >= 15 is 0 Å². The smallest absolute Gasteiger partial charge is 0.0485 e. The molecule has 0 aromatic heterocycles. The van der Waals surface area contributed by atoms with Gasteiger partial charge in [0.25, 0.3) is 0 Å². The first-order chi connectivity index (χ1) is 6.93. The number of rotatable bonds is 1. The lowest BCUT2D eigenvalue weighted by atomic mass is 10.2. The number of hydrogen-bond acceptors (Lipinski definition) is 3. The van der Waals surface area contributed by atoms with Crippen LogP contribution in [0.1, 0.15) is 19.3 Å². The zero-order chi connectivity index (χ0) is 10.1. The van der Waals surface area contributed by atoms with Gasteiger partial charge in [0.05, 0.1) is 0 Å². The van der Waals surface area contributed by atoms with Crippen molar-refractivity contribution in [1.82, 2.24) is 5.32 Å². The van der Waals surface area contributed by atoms with Crippen LogP contribution >= 0.6 is 0 Å². The summed E-state index contributed by atoms with van der Waals surface area (Å²) in [6.07, 6.45) is 4.22. The SMILES string of the molecule is C1CCNCC1.NNc1ccccc1. The van der Waals surface area contributed by atoms with Crippen molar-refractivity contribution in [1.29, 1.82) is 0 Å². The van der Waals surface area contributed by atoms with Crippen LogP contribution in [0.25, 0.3) is 0 Å². The molecule has 1 aromatic carbocycles. The molecule has 1 aliphatic rings. The van der Waals surface area contributed by atoms with Gasteiger partial charge >= 0.3 is 0 Å². The van der Waals surface area contributed by atoms with E-state index in [0.717, 1.165) is 5.69 Å². The molecule has 4 N–H and O–H groups in total. The van der Waals surface area contributed by atoms with Crippen LogP contribution in [0.4, 0.5) is 5.69 Å². The van der Waals surface area contributed by atoms with Crippen molar-refractivity contribution in [2.45, 2.75) is 19.3 Å². The predicted molar refractivity (Wildman–Crippen MR) is 61.0 cm³/mol. The summed E-state index contributed by atoms with van der Waals surface area (Å²) < 4.78 is 0. The fourth-order valence-electron chi connectivity index (χ4n) is 1.34. The van der Waals surface area contributed by atoms with Gasteiger partial charge in [-0.05, 0) is 38.1 Å². The monoisotopic (exact) mass is 193 g/mol. The molecule has 14 heavy (non-hydrogen) atoms. The van der Waals surface area contributed by atoms with Crippen molar-refractivity contribution in [2.75, 3.05) is 18.5 Å². The van der Waals surface area contributed by atoms with E-state index in [1.807, 2.05) is 30.3 Å². The molecule has 1 fully saturated rings. The van der Waals surface area contributed by atoms with Crippen molar-refractivity contribution in [2.24, 2.45) is 5.84 Å². The molecule has 0 bridgehead atoms. The Morgan fingerprint density at radius 3 is 1.93 bits per heavy atom. The normalized spacial score (nSPS) is 15.2. The Kier molecular flexibility index (Phi) is 5.79. The number of nitrogen functional groups attached to an aromatic ring is 1. The highest BCUT2D eigenvalue weighted by molar-refractivity contribution is 5.40. The quantitative estimate of drug-likeness (QED) is 0.470. The molecule has 0 radical (unpaired) electrons. The standard InChI is InChI=1S/C6H8N2.C5H11N/c7-8-6-4-2-1-3-5-6;1-2-4-6-5-3-1/h1-5,8H,7H2;6H,1-5H2. The van der Waals surface area contributed by atoms with E-state index in [9.17, 15) is 0 Å². The van der Waals surface area contributed by atoms with E-state index in [1.165, 1.54) is 32.4 Å². The van der Waals surface area contributed by atoms with Crippen molar-refractivity contribution >= 4 is 5.69 Å². The fourth-order valence-corrected chi connectivity index (χ4v) is 1.34. The van der Waals surface area contributed by atoms with Crippen LogP contribution in [0.2, 0.25) is 0 Å². The highest BCUT2D eigenvalue weighted by Gasteiger charge is 1.93. The molecular weight excluding hydrogens is 174 g/mol. The van der Waals surface area contributed by atoms with Crippen LogP contribution in [0, 0.1) is 0 Å². The Bertz CT molecular complexity index is 208. The van der Waals surface area contributed by atoms with E-state index in [4.69, 9.17) is 5.84 Å². The van der Waals surface area contributed by atoms with Crippen LogP contribution in [-0.4, -0.2) is 13.1 Å². The molecule has 0 saturated carbocycles. The number of piperidine rings is 1. The second-order valence-electron chi connectivity index (χ2n) is 3.32. The molecule has 0 atom stereocenters. The topological polar surface area (TPSA) is 50.1 Å². The number of hydrogen-bond donors (Lipinski definition) is 3. The van der Waals surface area contributed by atoms with Crippen molar-refractivity contribution in [3.63, 3.8) is 0 Å². The van der Waals surface area contributed by atoms with Gasteiger partial charge < -0.3 is 10.7 Å². The summed E-state index contributed by atoms with van der Waals surface area (Å²) in [5.41, 5.74) is 3.46.